The van der Waals surface area contributed by atoms with Gasteiger partial charge in [0.2, 0.25) is 0 Å². The number of hydrogen-bond donors (Lipinski definition) is 1. The molecule has 10 atom stereocenters. The van der Waals surface area contributed by atoms with Crippen molar-refractivity contribution in [1.82, 2.24) is 0 Å². The second-order valence-electron chi connectivity index (χ2n) is 13.8. The van der Waals surface area contributed by atoms with Gasteiger partial charge in [-0.15, -0.1) is 0 Å². The molecule has 6 aliphatic rings. The van der Waals surface area contributed by atoms with Crippen molar-refractivity contribution in [2.45, 2.75) is 104 Å². The standard InChI is InChI=1S/C31H45IO4/c1-18(2)25-12-21-14-29(17-33)24-11-10-19(3)23(24)15-30(21,31(25,29)28(34)35)27-13-22(26(16-32)36-27)20-8-6-4-5-7-9-20/h12,17-24,26-27H,4-11,13-16H2,1-3H3,(H,34,35)/t19-,21?,22+,23-,24-,26+,27-,29?,30?,31+/m1/s1. The summed E-state index contributed by atoms with van der Waals surface area (Å²) in [6.07, 6.45) is 16.3. The molecule has 0 amide bonds. The number of carbonyl (C=O) groups excluding carboxylic acids is 1. The van der Waals surface area contributed by atoms with Crippen LogP contribution in [0, 0.1) is 57.7 Å². The van der Waals surface area contributed by atoms with Crippen LogP contribution in [0.1, 0.15) is 91.4 Å². The summed E-state index contributed by atoms with van der Waals surface area (Å²) in [5, 5.41) is 11.3. The van der Waals surface area contributed by atoms with Gasteiger partial charge in [0.15, 0.2) is 0 Å². The molecule has 1 saturated heterocycles. The Balaban J connectivity index is 1.49. The second-order valence-corrected chi connectivity index (χ2v) is 14.7. The minimum Gasteiger partial charge on any atom is -0.481 e. The van der Waals surface area contributed by atoms with Crippen LogP contribution in [0.15, 0.2) is 11.6 Å². The molecule has 1 heterocycles. The minimum atomic E-state index is -1.11. The number of ether oxygens (including phenoxy) is 1. The number of carboxylic acids is 1. The van der Waals surface area contributed by atoms with Crippen molar-refractivity contribution in [3.8, 4) is 0 Å². The second kappa shape index (κ2) is 9.06. The smallest absolute Gasteiger partial charge is 0.315 e. The predicted molar refractivity (Wildman–Crippen MR) is 149 cm³/mol. The van der Waals surface area contributed by atoms with Gasteiger partial charge in [-0.2, -0.15) is 0 Å². The third-order valence-electron chi connectivity index (χ3n) is 12.5. The van der Waals surface area contributed by atoms with Gasteiger partial charge in [0.05, 0.1) is 17.6 Å². The highest BCUT2D eigenvalue weighted by molar-refractivity contribution is 14.1. The molecule has 0 radical (unpaired) electrons. The molecule has 6 rings (SSSR count). The molecule has 4 nitrogen and oxygen atoms in total. The number of carboxylic acid groups (broad SMARTS) is 1. The number of alkyl halides is 1. The Bertz CT molecular complexity index is 937. The van der Waals surface area contributed by atoms with Crippen molar-refractivity contribution in [3.05, 3.63) is 11.6 Å². The first kappa shape index (κ1) is 25.8. The van der Waals surface area contributed by atoms with E-state index in [0.29, 0.717) is 23.7 Å². The average molecular weight is 609 g/mol. The zero-order valence-electron chi connectivity index (χ0n) is 22.4. The maximum atomic E-state index is 13.8. The van der Waals surface area contributed by atoms with E-state index in [-0.39, 0.29) is 30.0 Å². The Labute approximate surface area is 230 Å². The van der Waals surface area contributed by atoms with Gasteiger partial charge < -0.3 is 14.6 Å². The van der Waals surface area contributed by atoms with E-state index in [0.717, 1.165) is 48.4 Å². The van der Waals surface area contributed by atoms with Crippen LogP contribution in [-0.2, 0) is 14.3 Å². The van der Waals surface area contributed by atoms with E-state index in [1.807, 2.05) is 0 Å². The van der Waals surface area contributed by atoms with Crippen LogP contribution >= 0.6 is 22.6 Å². The summed E-state index contributed by atoms with van der Waals surface area (Å²) >= 11 is 2.50. The molecule has 4 saturated carbocycles. The summed E-state index contributed by atoms with van der Waals surface area (Å²) in [6, 6.07) is 0. The van der Waals surface area contributed by atoms with Gasteiger partial charge >= 0.3 is 5.97 Å². The van der Waals surface area contributed by atoms with E-state index in [4.69, 9.17) is 4.74 Å². The number of aliphatic carboxylic acids is 1. The largest absolute Gasteiger partial charge is 0.481 e. The molecule has 0 aromatic carbocycles. The minimum absolute atomic E-state index is 0.0605. The van der Waals surface area contributed by atoms with Crippen LogP contribution in [0.2, 0.25) is 0 Å². The number of carbonyl (C=O) groups is 2. The van der Waals surface area contributed by atoms with Crippen molar-refractivity contribution in [2.75, 3.05) is 4.43 Å². The lowest BCUT2D eigenvalue weighted by Gasteiger charge is -2.60. The van der Waals surface area contributed by atoms with Gasteiger partial charge in [0.25, 0.3) is 0 Å². The highest BCUT2D eigenvalue weighted by Crippen LogP contribution is 2.84. The lowest BCUT2D eigenvalue weighted by Crippen LogP contribution is -2.65. The van der Waals surface area contributed by atoms with E-state index >= 15 is 0 Å². The highest BCUT2D eigenvalue weighted by atomic mass is 127. The van der Waals surface area contributed by atoms with Crippen molar-refractivity contribution < 1.29 is 19.4 Å². The van der Waals surface area contributed by atoms with E-state index in [2.05, 4.69) is 49.4 Å². The Morgan fingerprint density at radius 3 is 2.47 bits per heavy atom. The Morgan fingerprint density at radius 2 is 1.86 bits per heavy atom. The molecule has 5 fully saturated rings. The number of aldehydes is 1. The summed E-state index contributed by atoms with van der Waals surface area (Å²) in [7, 11) is 0. The summed E-state index contributed by atoms with van der Waals surface area (Å²) in [5.41, 5.74) is -1.33. The summed E-state index contributed by atoms with van der Waals surface area (Å²) in [6.45, 7) is 6.64. The maximum absolute atomic E-state index is 13.8. The molecular formula is C31H45IO4. The highest BCUT2D eigenvalue weighted by Gasteiger charge is 2.86. The number of halogens is 1. The topological polar surface area (TPSA) is 63.6 Å². The molecule has 0 aromatic heterocycles. The summed E-state index contributed by atoms with van der Waals surface area (Å²) in [5.74, 6) is 1.94. The molecule has 4 bridgehead atoms. The first-order valence-corrected chi connectivity index (χ1v) is 16.4. The first-order chi connectivity index (χ1) is 17.3. The fraction of sp³-hybridized carbons (Fsp3) is 0.871. The maximum Gasteiger partial charge on any atom is 0.315 e. The van der Waals surface area contributed by atoms with E-state index in [1.54, 1.807) is 0 Å². The lowest BCUT2D eigenvalue weighted by molar-refractivity contribution is -0.196. The average Bonchev–Trinajstić information content (AvgIpc) is 3.50. The Hall–Kier alpha value is -0.430. The monoisotopic (exact) mass is 608 g/mol. The van der Waals surface area contributed by atoms with Crippen LogP contribution in [-0.4, -0.2) is 34.0 Å². The first-order valence-electron chi connectivity index (χ1n) is 14.9. The van der Waals surface area contributed by atoms with Gasteiger partial charge in [-0.25, -0.2) is 0 Å². The van der Waals surface area contributed by atoms with Crippen LogP contribution in [0.3, 0.4) is 0 Å². The predicted octanol–water partition coefficient (Wildman–Crippen LogP) is 7.09. The zero-order chi connectivity index (χ0) is 25.5. The molecule has 36 heavy (non-hydrogen) atoms. The van der Waals surface area contributed by atoms with Crippen molar-refractivity contribution in [2.24, 2.45) is 57.7 Å². The number of fused-ring (bicyclic) bond motifs is 2. The number of hydrogen-bond acceptors (Lipinski definition) is 3. The Morgan fingerprint density at radius 1 is 1.14 bits per heavy atom. The molecule has 5 aliphatic carbocycles. The zero-order valence-corrected chi connectivity index (χ0v) is 24.5. The van der Waals surface area contributed by atoms with Crippen molar-refractivity contribution >= 4 is 34.8 Å². The van der Waals surface area contributed by atoms with Gasteiger partial charge in [0.1, 0.15) is 11.7 Å². The van der Waals surface area contributed by atoms with Crippen LogP contribution in [0.25, 0.3) is 0 Å². The van der Waals surface area contributed by atoms with Gasteiger partial charge in [-0.3, -0.25) is 4.79 Å². The van der Waals surface area contributed by atoms with E-state index in [9.17, 15) is 14.7 Å². The van der Waals surface area contributed by atoms with Gasteiger partial charge in [0, 0.05) is 9.84 Å². The fourth-order valence-electron chi connectivity index (χ4n) is 11.3. The molecule has 1 N–H and O–H groups in total. The van der Waals surface area contributed by atoms with Crippen molar-refractivity contribution in [3.63, 3.8) is 0 Å². The number of allylic oxidation sites excluding steroid dienone is 1. The molecule has 0 spiro atoms. The molecule has 200 valence electrons. The fourth-order valence-corrected chi connectivity index (χ4v) is 12.2. The summed E-state index contributed by atoms with van der Waals surface area (Å²) in [4.78, 5) is 27.2. The quantitative estimate of drug-likeness (QED) is 0.115. The van der Waals surface area contributed by atoms with Crippen LogP contribution < -0.4 is 0 Å². The molecule has 5 heteroatoms. The van der Waals surface area contributed by atoms with Gasteiger partial charge in [-0.1, -0.05) is 100.0 Å². The molecule has 0 aromatic rings. The van der Waals surface area contributed by atoms with Gasteiger partial charge in [-0.05, 0) is 67.1 Å². The third kappa shape index (κ3) is 3.02. The number of rotatable bonds is 6. The normalized spacial score (nSPS) is 50.2. The van der Waals surface area contributed by atoms with Crippen LogP contribution in [0.4, 0.5) is 0 Å². The summed E-state index contributed by atoms with van der Waals surface area (Å²) < 4.78 is 8.09. The molecular weight excluding hydrogens is 563 g/mol. The Kier molecular flexibility index (Phi) is 6.50. The van der Waals surface area contributed by atoms with Crippen LogP contribution in [0.5, 0.6) is 0 Å². The van der Waals surface area contributed by atoms with E-state index in [1.165, 1.54) is 38.5 Å². The van der Waals surface area contributed by atoms with E-state index < -0.39 is 22.2 Å². The lowest BCUT2D eigenvalue weighted by atomic mass is 9.41. The van der Waals surface area contributed by atoms with Crippen molar-refractivity contribution in [1.29, 1.82) is 0 Å². The molecule has 1 aliphatic heterocycles. The SMILES string of the molecule is CC(C)C1=CC2CC3(C=O)[C@@H]4CC[C@@H](C)[C@H]4CC2([C@H]2C[C@@H](C4CCCCCC4)[C@H](CI)O2)[C@]13C(=O)O. The third-order valence-corrected chi connectivity index (χ3v) is 13.4. The molecule has 3 unspecified atom stereocenters.